The Bertz CT molecular complexity index is 265. The number of hydrogen-bond donors (Lipinski definition) is 2. The first-order valence-electron chi connectivity index (χ1n) is 3.98. The van der Waals surface area contributed by atoms with Crippen LogP contribution in [-0.4, -0.2) is 45.5 Å². The van der Waals surface area contributed by atoms with Crippen LogP contribution < -0.4 is 5.73 Å². The second kappa shape index (κ2) is 4.43. The zero-order valence-corrected chi connectivity index (χ0v) is 8.12. The molecule has 1 aliphatic rings. The number of nitrogens with zero attached hydrogens (tertiary/aromatic N) is 1. The van der Waals surface area contributed by atoms with Crippen molar-refractivity contribution in [3.63, 3.8) is 0 Å². The van der Waals surface area contributed by atoms with Gasteiger partial charge in [0.05, 0.1) is 6.54 Å². The predicted molar refractivity (Wildman–Crippen MR) is 49.8 cm³/mol. The van der Waals surface area contributed by atoms with Crippen molar-refractivity contribution in [2.24, 2.45) is 5.73 Å². The molecule has 1 rings (SSSR count). The Morgan fingerprint density at radius 2 is 2.29 bits per heavy atom. The lowest BCUT2D eigenvalue weighted by molar-refractivity contribution is -0.139. The van der Waals surface area contributed by atoms with Crippen LogP contribution in [0.1, 0.15) is 6.42 Å². The van der Waals surface area contributed by atoms with Crippen LogP contribution in [0.15, 0.2) is 0 Å². The number of amides is 2. The fraction of sp³-hybridized carbons (Fsp3) is 0.571. The fourth-order valence-corrected chi connectivity index (χ4v) is 1.77. The highest BCUT2D eigenvalue weighted by atomic mass is 32.2. The second-order valence-corrected chi connectivity index (χ2v) is 3.86. The third kappa shape index (κ3) is 2.46. The van der Waals surface area contributed by atoms with Crippen molar-refractivity contribution >= 4 is 28.9 Å². The molecule has 0 radical (unpaired) electrons. The van der Waals surface area contributed by atoms with Gasteiger partial charge < -0.3 is 10.8 Å². The normalized spacial score (nSPS) is 19.6. The Hall–Kier alpha value is -1.08. The van der Waals surface area contributed by atoms with E-state index in [-0.39, 0.29) is 18.9 Å². The monoisotopic (exact) mass is 218 g/mol. The maximum atomic E-state index is 11.2. The SMILES string of the molecule is NC(CN1C(=O)CCSC1=O)C(=O)O. The molecule has 7 heteroatoms. The number of carboxylic acid groups (broad SMARTS) is 1. The van der Waals surface area contributed by atoms with Crippen molar-refractivity contribution in [3.8, 4) is 0 Å². The van der Waals surface area contributed by atoms with E-state index in [1.807, 2.05) is 0 Å². The molecule has 0 aliphatic carbocycles. The van der Waals surface area contributed by atoms with E-state index in [4.69, 9.17) is 10.8 Å². The van der Waals surface area contributed by atoms with Gasteiger partial charge in [-0.25, -0.2) is 0 Å². The first-order chi connectivity index (χ1) is 6.52. The van der Waals surface area contributed by atoms with Crippen LogP contribution in [0.25, 0.3) is 0 Å². The third-order valence-corrected chi connectivity index (χ3v) is 2.63. The van der Waals surface area contributed by atoms with Crippen LogP contribution in [0, 0.1) is 0 Å². The Morgan fingerprint density at radius 3 is 2.79 bits per heavy atom. The van der Waals surface area contributed by atoms with Crippen molar-refractivity contribution in [1.29, 1.82) is 0 Å². The highest BCUT2D eigenvalue weighted by molar-refractivity contribution is 8.13. The lowest BCUT2D eigenvalue weighted by Crippen LogP contribution is -2.48. The van der Waals surface area contributed by atoms with E-state index in [0.717, 1.165) is 16.7 Å². The predicted octanol–water partition coefficient (Wildman–Crippen LogP) is -0.516. The molecule has 78 valence electrons. The highest BCUT2D eigenvalue weighted by Gasteiger charge is 2.29. The summed E-state index contributed by atoms with van der Waals surface area (Å²) in [6, 6.07) is -1.21. The number of carbonyl (C=O) groups is 3. The van der Waals surface area contributed by atoms with E-state index < -0.39 is 17.3 Å². The van der Waals surface area contributed by atoms with Gasteiger partial charge in [-0.05, 0) is 0 Å². The summed E-state index contributed by atoms with van der Waals surface area (Å²) in [6.07, 6.45) is 0.253. The minimum atomic E-state index is -1.22. The summed E-state index contributed by atoms with van der Waals surface area (Å²) in [6.45, 7) is -0.250. The maximum Gasteiger partial charge on any atom is 0.322 e. The molecule has 0 saturated carbocycles. The van der Waals surface area contributed by atoms with Gasteiger partial charge in [-0.1, -0.05) is 11.8 Å². The average molecular weight is 218 g/mol. The Kier molecular flexibility index (Phi) is 3.48. The Labute approximate surface area is 84.4 Å². The molecular formula is C7H10N2O4S. The quantitative estimate of drug-likeness (QED) is 0.661. The molecule has 0 spiro atoms. The van der Waals surface area contributed by atoms with E-state index in [1.165, 1.54) is 0 Å². The molecule has 1 unspecified atom stereocenters. The van der Waals surface area contributed by atoms with Crippen molar-refractivity contribution < 1.29 is 19.5 Å². The van der Waals surface area contributed by atoms with Gasteiger partial charge in [0.1, 0.15) is 6.04 Å². The number of carbonyl (C=O) groups excluding carboxylic acids is 2. The van der Waals surface area contributed by atoms with Gasteiger partial charge in [0.2, 0.25) is 5.91 Å². The standard InChI is InChI=1S/C7H10N2O4S/c8-4(6(11)12)3-9-5(10)1-2-14-7(9)13/h4H,1-3,8H2,(H,11,12). The summed E-state index contributed by atoms with van der Waals surface area (Å²) in [5, 5.41) is 8.09. The second-order valence-electron chi connectivity index (χ2n) is 2.81. The maximum absolute atomic E-state index is 11.2. The Balaban J connectivity index is 2.61. The topological polar surface area (TPSA) is 101 Å². The van der Waals surface area contributed by atoms with Gasteiger partial charge in [-0.15, -0.1) is 0 Å². The molecule has 14 heavy (non-hydrogen) atoms. The number of thioether (sulfide) groups is 1. The summed E-state index contributed by atoms with van der Waals surface area (Å²) in [5.41, 5.74) is 5.22. The molecule has 1 aliphatic heterocycles. The molecule has 1 heterocycles. The molecule has 0 aromatic heterocycles. The summed E-state index contributed by atoms with van der Waals surface area (Å²) >= 11 is 1.00. The van der Waals surface area contributed by atoms with Crippen LogP contribution in [-0.2, 0) is 9.59 Å². The van der Waals surface area contributed by atoms with E-state index in [9.17, 15) is 14.4 Å². The van der Waals surface area contributed by atoms with Gasteiger partial charge in [0.25, 0.3) is 5.24 Å². The van der Waals surface area contributed by atoms with E-state index in [1.54, 1.807) is 0 Å². The number of imide groups is 1. The first kappa shape index (κ1) is 11.0. The molecular weight excluding hydrogens is 208 g/mol. The van der Waals surface area contributed by atoms with E-state index in [0.29, 0.717) is 5.75 Å². The molecule has 1 fully saturated rings. The number of carboxylic acids is 1. The van der Waals surface area contributed by atoms with Gasteiger partial charge in [0, 0.05) is 12.2 Å². The largest absolute Gasteiger partial charge is 0.480 e. The summed E-state index contributed by atoms with van der Waals surface area (Å²) in [7, 11) is 0. The van der Waals surface area contributed by atoms with Crippen molar-refractivity contribution in [3.05, 3.63) is 0 Å². The Morgan fingerprint density at radius 1 is 1.64 bits per heavy atom. The van der Waals surface area contributed by atoms with E-state index in [2.05, 4.69) is 0 Å². The van der Waals surface area contributed by atoms with E-state index >= 15 is 0 Å². The lowest BCUT2D eigenvalue weighted by Gasteiger charge is -2.25. The van der Waals surface area contributed by atoms with Gasteiger partial charge in [-0.2, -0.15) is 0 Å². The molecule has 1 atom stereocenters. The van der Waals surface area contributed by atoms with Crippen molar-refractivity contribution in [2.45, 2.75) is 12.5 Å². The van der Waals surface area contributed by atoms with Gasteiger partial charge in [0.15, 0.2) is 0 Å². The molecule has 3 N–H and O–H groups in total. The van der Waals surface area contributed by atoms with Crippen LogP contribution >= 0.6 is 11.8 Å². The summed E-state index contributed by atoms with van der Waals surface area (Å²) in [4.78, 5) is 33.7. The van der Waals surface area contributed by atoms with Crippen LogP contribution in [0.3, 0.4) is 0 Å². The average Bonchev–Trinajstić information content (AvgIpc) is 2.11. The smallest absolute Gasteiger partial charge is 0.322 e. The number of aliphatic carboxylic acids is 1. The lowest BCUT2D eigenvalue weighted by atomic mass is 10.3. The van der Waals surface area contributed by atoms with Crippen molar-refractivity contribution in [2.75, 3.05) is 12.3 Å². The molecule has 0 aromatic carbocycles. The fourth-order valence-electron chi connectivity index (χ4n) is 0.991. The molecule has 6 nitrogen and oxygen atoms in total. The molecule has 0 aromatic rings. The summed E-state index contributed by atoms with van der Waals surface area (Å²) < 4.78 is 0. The third-order valence-electron chi connectivity index (χ3n) is 1.76. The number of hydrogen-bond acceptors (Lipinski definition) is 5. The first-order valence-corrected chi connectivity index (χ1v) is 4.96. The molecule has 2 amide bonds. The zero-order valence-electron chi connectivity index (χ0n) is 7.30. The zero-order chi connectivity index (χ0) is 10.7. The number of rotatable bonds is 3. The summed E-state index contributed by atoms with van der Waals surface area (Å²) in [5.74, 6) is -1.12. The molecule has 1 saturated heterocycles. The van der Waals surface area contributed by atoms with Gasteiger partial charge in [-0.3, -0.25) is 19.3 Å². The minimum absolute atomic E-state index is 0.250. The van der Waals surface area contributed by atoms with Crippen LogP contribution in [0.2, 0.25) is 0 Å². The van der Waals surface area contributed by atoms with Crippen LogP contribution in [0.5, 0.6) is 0 Å². The molecule has 0 bridgehead atoms. The van der Waals surface area contributed by atoms with Gasteiger partial charge >= 0.3 is 5.97 Å². The minimum Gasteiger partial charge on any atom is -0.480 e. The highest BCUT2D eigenvalue weighted by Crippen LogP contribution is 2.18. The van der Waals surface area contributed by atoms with Crippen LogP contribution in [0.4, 0.5) is 4.79 Å². The van der Waals surface area contributed by atoms with Crippen molar-refractivity contribution in [1.82, 2.24) is 4.90 Å². The number of nitrogens with two attached hydrogens (primary N) is 1.